The van der Waals surface area contributed by atoms with Gasteiger partial charge in [-0.1, -0.05) is 12.1 Å². The van der Waals surface area contributed by atoms with Gasteiger partial charge in [0.1, 0.15) is 0 Å². The second kappa shape index (κ2) is 5.82. The summed E-state index contributed by atoms with van der Waals surface area (Å²) in [5.41, 5.74) is 4.22. The number of piperazine rings is 1. The van der Waals surface area contributed by atoms with Crippen LogP contribution in [0, 0.1) is 6.92 Å². The molecule has 3 heteroatoms. The first kappa shape index (κ1) is 14.6. The van der Waals surface area contributed by atoms with Gasteiger partial charge in [-0.2, -0.15) is 0 Å². The van der Waals surface area contributed by atoms with Crippen molar-refractivity contribution in [3.63, 3.8) is 0 Å². The highest BCUT2D eigenvalue weighted by molar-refractivity contribution is 5.84. The molecule has 3 rings (SSSR count). The van der Waals surface area contributed by atoms with Crippen molar-refractivity contribution in [1.82, 2.24) is 14.4 Å². The number of hydrogen-bond donors (Lipinski definition) is 0. The van der Waals surface area contributed by atoms with E-state index in [2.05, 4.69) is 66.5 Å². The number of hydrogen-bond acceptors (Lipinski definition) is 2. The molecule has 0 saturated carbocycles. The van der Waals surface area contributed by atoms with Gasteiger partial charge in [0.25, 0.3) is 0 Å². The number of rotatable bonds is 3. The second-order valence-corrected chi connectivity index (χ2v) is 6.69. The molecular weight excluding hydrogens is 258 g/mol. The number of aryl methyl sites for hydroxylation is 1. The van der Waals surface area contributed by atoms with E-state index >= 15 is 0 Å². The summed E-state index contributed by atoms with van der Waals surface area (Å²) < 4.78 is 2.51. The minimum absolute atomic E-state index is 0.506. The molecule has 0 unspecified atom stereocenters. The van der Waals surface area contributed by atoms with Crippen LogP contribution >= 0.6 is 0 Å². The van der Waals surface area contributed by atoms with E-state index in [-0.39, 0.29) is 0 Å². The van der Waals surface area contributed by atoms with Crippen LogP contribution in [0.2, 0.25) is 0 Å². The van der Waals surface area contributed by atoms with Gasteiger partial charge in [0.15, 0.2) is 0 Å². The van der Waals surface area contributed by atoms with Crippen LogP contribution in [0.1, 0.15) is 31.1 Å². The van der Waals surface area contributed by atoms with Crippen molar-refractivity contribution in [2.45, 2.75) is 33.4 Å². The van der Waals surface area contributed by atoms with Gasteiger partial charge >= 0.3 is 0 Å². The maximum Gasteiger partial charge on any atom is 0.0488 e. The van der Waals surface area contributed by atoms with Gasteiger partial charge < -0.3 is 9.47 Å². The highest BCUT2D eigenvalue weighted by atomic mass is 15.3. The number of nitrogens with zero attached hydrogens (tertiary/aromatic N) is 3. The third kappa shape index (κ3) is 2.85. The van der Waals surface area contributed by atoms with Crippen LogP contribution in [0.4, 0.5) is 0 Å². The maximum atomic E-state index is 2.59. The lowest BCUT2D eigenvalue weighted by Gasteiger charge is -2.32. The van der Waals surface area contributed by atoms with Crippen LogP contribution in [0.3, 0.4) is 0 Å². The van der Waals surface area contributed by atoms with E-state index in [9.17, 15) is 0 Å². The highest BCUT2D eigenvalue weighted by Crippen LogP contribution is 2.27. The molecule has 1 saturated heterocycles. The fraction of sp³-hybridized carbons (Fsp3) is 0.556. The summed E-state index contributed by atoms with van der Waals surface area (Å²) in [7, 11) is 2.21. The minimum Gasteiger partial charge on any atom is -0.341 e. The predicted octanol–water partition coefficient (Wildman–Crippen LogP) is 3.28. The van der Waals surface area contributed by atoms with Crippen molar-refractivity contribution in [2.24, 2.45) is 0 Å². The van der Waals surface area contributed by atoms with Crippen molar-refractivity contribution < 1.29 is 0 Å². The summed E-state index contributed by atoms with van der Waals surface area (Å²) in [6.45, 7) is 12.6. The lowest BCUT2D eigenvalue weighted by molar-refractivity contribution is 0.145. The Kier molecular flexibility index (Phi) is 4.05. The number of fused-ring (bicyclic) bond motifs is 1. The molecule has 0 N–H and O–H groups in total. The molecule has 1 aromatic heterocycles. The molecule has 1 fully saturated rings. The largest absolute Gasteiger partial charge is 0.341 e. The molecule has 2 heterocycles. The van der Waals surface area contributed by atoms with Crippen molar-refractivity contribution >= 4 is 10.9 Å². The zero-order valence-electron chi connectivity index (χ0n) is 13.8. The first-order valence-electron chi connectivity index (χ1n) is 8.06. The van der Waals surface area contributed by atoms with Crippen molar-refractivity contribution in [1.29, 1.82) is 0 Å². The Hall–Kier alpha value is -1.32. The molecule has 1 aliphatic heterocycles. The molecule has 114 valence electrons. The molecule has 0 aliphatic carbocycles. The zero-order valence-corrected chi connectivity index (χ0v) is 13.8. The molecule has 0 bridgehead atoms. The fourth-order valence-corrected chi connectivity index (χ4v) is 3.42. The molecular formula is C18H27N3. The van der Waals surface area contributed by atoms with Crippen LogP contribution in [0.15, 0.2) is 24.3 Å². The number of likely N-dealkylation sites (N-methyl/N-ethyl adjacent to an activating group) is 1. The van der Waals surface area contributed by atoms with Crippen LogP contribution in [0.25, 0.3) is 10.9 Å². The van der Waals surface area contributed by atoms with E-state index in [0.29, 0.717) is 6.04 Å². The first-order valence-corrected chi connectivity index (χ1v) is 8.06. The smallest absolute Gasteiger partial charge is 0.0488 e. The van der Waals surface area contributed by atoms with E-state index in [1.54, 1.807) is 0 Å². The predicted molar refractivity (Wildman–Crippen MR) is 89.8 cm³/mol. The minimum atomic E-state index is 0.506. The standard InChI is InChI=1S/C18H27N3/c1-14(2)21-16(13-20-10-8-19(4)9-11-20)12-17-15(3)6-5-7-18(17)21/h5-7,12,14H,8-11,13H2,1-4H3. The summed E-state index contributed by atoms with van der Waals surface area (Å²) in [6.07, 6.45) is 0. The third-order valence-corrected chi connectivity index (χ3v) is 4.68. The normalized spacial score (nSPS) is 18.0. The topological polar surface area (TPSA) is 11.4 Å². The molecule has 0 amide bonds. The van der Waals surface area contributed by atoms with E-state index in [0.717, 1.165) is 6.54 Å². The molecule has 0 radical (unpaired) electrons. The third-order valence-electron chi connectivity index (χ3n) is 4.68. The van der Waals surface area contributed by atoms with Crippen molar-refractivity contribution in [3.05, 3.63) is 35.5 Å². The van der Waals surface area contributed by atoms with E-state index in [4.69, 9.17) is 0 Å². The van der Waals surface area contributed by atoms with E-state index in [1.165, 1.54) is 48.3 Å². The monoisotopic (exact) mass is 285 g/mol. The summed E-state index contributed by atoms with van der Waals surface area (Å²) in [4.78, 5) is 5.00. The van der Waals surface area contributed by atoms with E-state index in [1.807, 2.05) is 0 Å². The van der Waals surface area contributed by atoms with Crippen molar-refractivity contribution in [2.75, 3.05) is 33.2 Å². The van der Waals surface area contributed by atoms with Crippen LogP contribution in [0.5, 0.6) is 0 Å². The van der Waals surface area contributed by atoms with Gasteiger partial charge in [0.05, 0.1) is 0 Å². The average molecular weight is 285 g/mol. The molecule has 1 aromatic carbocycles. The second-order valence-electron chi connectivity index (χ2n) is 6.69. The van der Waals surface area contributed by atoms with Gasteiger partial charge in [0, 0.05) is 55.4 Å². The lowest BCUT2D eigenvalue weighted by atomic mass is 10.1. The summed E-state index contributed by atoms with van der Waals surface area (Å²) >= 11 is 0. The zero-order chi connectivity index (χ0) is 15.0. The molecule has 0 spiro atoms. The lowest BCUT2D eigenvalue weighted by Crippen LogP contribution is -2.44. The molecule has 0 atom stereocenters. The van der Waals surface area contributed by atoms with Crippen LogP contribution in [-0.4, -0.2) is 47.6 Å². The van der Waals surface area contributed by atoms with Gasteiger partial charge in [0.2, 0.25) is 0 Å². The van der Waals surface area contributed by atoms with E-state index < -0.39 is 0 Å². The van der Waals surface area contributed by atoms with Gasteiger partial charge in [-0.25, -0.2) is 0 Å². The Balaban J connectivity index is 1.94. The average Bonchev–Trinajstić information content (AvgIpc) is 2.81. The summed E-state index contributed by atoms with van der Waals surface area (Å²) in [6, 6.07) is 9.56. The maximum absolute atomic E-state index is 2.59. The Morgan fingerprint density at radius 3 is 2.48 bits per heavy atom. The SMILES string of the molecule is Cc1cccc2c1cc(CN1CCN(C)CC1)n2C(C)C. The molecule has 1 aliphatic rings. The first-order chi connectivity index (χ1) is 10.1. The Labute approximate surface area is 128 Å². The van der Waals surface area contributed by atoms with Gasteiger partial charge in [-0.05, 0) is 45.5 Å². The quantitative estimate of drug-likeness (QED) is 0.857. The Morgan fingerprint density at radius 2 is 1.81 bits per heavy atom. The van der Waals surface area contributed by atoms with Crippen molar-refractivity contribution in [3.8, 4) is 0 Å². The Morgan fingerprint density at radius 1 is 1.10 bits per heavy atom. The van der Waals surface area contributed by atoms with Crippen LogP contribution in [-0.2, 0) is 6.54 Å². The molecule has 3 nitrogen and oxygen atoms in total. The molecule has 21 heavy (non-hydrogen) atoms. The Bertz CT molecular complexity index is 619. The summed E-state index contributed by atoms with van der Waals surface area (Å²) in [5.74, 6) is 0. The number of aromatic nitrogens is 1. The number of benzene rings is 1. The highest BCUT2D eigenvalue weighted by Gasteiger charge is 2.18. The van der Waals surface area contributed by atoms with Gasteiger partial charge in [-0.3, -0.25) is 4.90 Å². The van der Waals surface area contributed by atoms with Crippen LogP contribution < -0.4 is 0 Å². The van der Waals surface area contributed by atoms with Gasteiger partial charge in [-0.15, -0.1) is 0 Å². The fourth-order valence-electron chi connectivity index (χ4n) is 3.42. The molecule has 2 aromatic rings. The summed E-state index contributed by atoms with van der Waals surface area (Å²) in [5, 5.41) is 1.41.